The van der Waals surface area contributed by atoms with E-state index in [0.29, 0.717) is 17.6 Å². The minimum Gasteiger partial charge on any atom is -0.455 e. The van der Waals surface area contributed by atoms with Gasteiger partial charge in [-0.15, -0.1) is 0 Å². The summed E-state index contributed by atoms with van der Waals surface area (Å²) in [4.78, 5) is 22.9. The topological polar surface area (TPSA) is 67.9 Å². The fraction of sp³-hybridized carbons (Fsp3) is 0. The molecular formula is C46H27N5O. The Kier molecular flexibility index (Phi) is 6.15. The zero-order valence-corrected chi connectivity index (χ0v) is 27.7. The summed E-state index contributed by atoms with van der Waals surface area (Å²) in [5, 5.41) is 5.47. The Morgan fingerprint density at radius 2 is 1.08 bits per heavy atom. The number of fused-ring (bicyclic) bond motifs is 7. The average molecular weight is 666 g/mol. The smallest absolute Gasteiger partial charge is 0.238 e. The second-order valence-electron chi connectivity index (χ2n) is 13.0. The van der Waals surface area contributed by atoms with Crippen molar-refractivity contribution in [2.24, 2.45) is 0 Å². The molecule has 0 unspecified atom stereocenters. The molecule has 6 nitrogen and oxygen atoms in total. The summed E-state index contributed by atoms with van der Waals surface area (Å²) in [5.41, 5.74) is 10.4. The first-order valence-electron chi connectivity index (χ1n) is 17.3. The molecule has 0 N–H and O–H groups in total. The summed E-state index contributed by atoms with van der Waals surface area (Å²) in [6, 6.07) is 56.1. The van der Waals surface area contributed by atoms with E-state index in [9.17, 15) is 0 Å². The molecule has 0 bridgehead atoms. The third-order valence-corrected chi connectivity index (χ3v) is 10.0. The van der Waals surface area contributed by atoms with Gasteiger partial charge in [0.15, 0.2) is 11.6 Å². The summed E-state index contributed by atoms with van der Waals surface area (Å²) in [7, 11) is 0. The van der Waals surface area contributed by atoms with Gasteiger partial charge in [-0.1, -0.05) is 133 Å². The number of rotatable bonds is 4. The van der Waals surface area contributed by atoms with Crippen molar-refractivity contribution >= 4 is 60.9 Å². The summed E-state index contributed by atoms with van der Waals surface area (Å²) in [6.07, 6.45) is 0. The normalized spacial score (nSPS) is 12.2. The van der Waals surface area contributed by atoms with Crippen molar-refractivity contribution in [2.45, 2.75) is 0 Å². The van der Waals surface area contributed by atoms with E-state index >= 15 is 0 Å². The van der Waals surface area contributed by atoms with Gasteiger partial charge < -0.3 is 4.42 Å². The fourth-order valence-electron chi connectivity index (χ4n) is 7.68. The van der Waals surface area contributed by atoms with Crippen molar-refractivity contribution in [3.8, 4) is 45.2 Å². The monoisotopic (exact) mass is 665 g/mol. The molecule has 3 aromatic heterocycles. The molecule has 0 radical (unpaired) electrons. The SMILES string of the molecule is c1ccc(-c2nc(-c3ccccc3)nc(N3c4ccc(-c5cccc6c5oc5ccccc56)cc4-c4nc5ccccc5c5cccc3c45)n2)cc1. The van der Waals surface area contributed by atoms with Crippen LogP contribution in [0.2, 0.25) is 0 Å². The van der Waals surface area contributed by atoms with Crippen LogP contribution >= 0.6 is 0 Å². The maximum atomic E-state index is 6.50. The van der Waals surface area contributed by atoms with Crippen LogP contribution < -0.4 is 4.90 Å². The van der Waals surface area contributed by atoms with Crippen molar-refractivity contribution in [3.63, 3.8) is 0 Å². The number of nitrogens with zero attached hydrogens (tertiary/aromatic N) is 5. The maximum absolute atomic E-state index is 6.50. The van der Waals surface area contributed by atoms with Crippen molar-refractivity contribution in [2.75, 3.05) is 4.90 Å². The van der Waals surface area contributed by atoms with E-state index < -0.39 is 0 Å². The Balaban J connectivity index is 1.21. The fourth-order valence-corrected chi connectivity index (χ4v) is 7.68. The predicted molar refractivity (Wildman–Crippen MR) is 210 cm³/mol. The summed E-state index contributed by atoms with van der Waals surface area (Å²) in [6.45, 7) is 0. The maximum Gasteiger partial charge on any atom is 0.238 e. The number of furan rings is 1. The molecular weight excluding hydrogens is 639 g/mol. The Labute approximate surface area is 298 Å². The average Bonchev–Trinajstić information content (AvgIpc) is 3.60. The minimum absolute atomic E-state index is 0.535. The Bertz CT molecular complexity index is 2970. The Hall–Kier alpha value is -7.18. The number of pyridine rings is 1. The standard InChI is InChI=1S/C46H27N5O/c1-3-13-28(14-4-1)44-48-45(29-15-5-2-6-16-29)50-46(49-44)51-38-26-25-30(31-19-11-21-35-33-18-8-10-24-40(33)52-43(31)35)27-36(38)42-41-34(20-12-23-39(41)51)32-17-7-9-22-37(32)47-42/h1-27H. The lowest BCUT2D eigenvalue weighted by molar-refractivity contribution is 0.670. The highest BCUT2D eigenvalue weighted by molar-refractivity contribution is 6.20. The predicted octanol–water partition coefficient (Wildman–Crippen LogP) is 11.9. The quantitative estimate of drug-likeness (QED) is 0.174. The highest BCUT2D eigenvalue weighted by atomic mass is 16.3. The van der Waals surface area contributed by atoms with Gasteiger partial charge in [-0.05, 0) is 41.3 Å². The number of benzene rings is 7. The first-order chi connectivity index (χ1) is 25.8. The largest absolute Gasteiger partial charge is 0.455 e. The van der Waals surface area contributed by atoms with Gasteiger partial charge in [-0.2, -0.15) is 9.97 Å². The number of aromatic nitrogens is 4. The third-order valence-electron chi connectivity index (χ3n) is 10.0. The lowest BCUT2D eigenvalue weighted by atomic mass is 9.91. The summed E-state index contributed by atoms with van der Waals surface area (Å²) in [5.74, 6) is 1.75. The van der Waals surface area contributed by atoms with E-state index in [1.54, 1.807) is 0 Å². The van der Waals surface area contributed by atoms with Gasteiger partial charge in [0.1, 0.15) is 11.2 Å². The highest BCUT2D eigenvalue weighted by Crippen LogP contribution is 2.52. The van der Waals surface area contributed by atoms with E-state index in [1.807, 2.05) is 78.9 Å². The molecule has 0 amide bonds. The van der Waals surface area contributed by atoms with Gasteiger partial charge >= 0.3 is 0 Å². The van der Waals surface area contributed by atoms with Gasteiger partial charge in [0.2, 0.25) is 5.95 Å². The Morgan fingerprint density at radius 1 is 0.423 bits per heavy atom. The van der Waals surface area contributed by atoms with Crippen molar-refractivity contribution in [3.05, 3.63) is 164 Å². The summed E-state index contributed by atoms with van der Waals surface area (Å²) >= 11 is 0. The van der Waals surface area contributed by atoms with E-state index in [1.165, 1.54) is 0 Å². The number of anilines is 3. The van der Waals surface area contributed by atoms with E-state index in [2.05, 4.69) is 89.8 Å². The van der Waals surface area contributed by atoms with Crippen molar-refractivity contribution in [1.82, 2.24) is 19.9 Å². The lowest BCUT2D eigenvalue weighted by Crippen LogP contribution is -2.19. The van der Waals surface area contributed by atoms with Gasteiger partial charge in [0.25, 0.3) is 0 Å². The van der Waals surface area contributed by atoms with Crippen molar-refractivity contribution < 1.29 is 4.42 Å². The molecule has 0 saturated carbocycles. The van der Waals surface area contributed by atoms with Gasteiger partial charge in [-0.25, -0.2) is 9.97 Å². The molecule has 10 aromatic rings. The van der Waals surface area contributed by atoms with Gasteiger partial charge in [0, 0.05) is 43.8 Å². The second-order valence-corrected chi connectivity index (χ2v) is 13.0. The molecule has 1 aliphatic heterocycles. The molecule has 7 aromatic carbocycles. The van der Waals surface area contributed by atoms with Crippen LogP contribution in [0.25, 0.3) is 88.8 Å². The van der Waals surface area contributed by atoms with Crippen LogP contribution in [0.3, 0.4) is 0 Å². The zero-order chi connectivity index (χ0) is 34.2. The van der Waals surface area contributed by atoms with E-state index in [4.69, 9.17) is 24.4 Å². The molecule has 0 fully saturated rings. The van der Waals surface area contributed by atoms with Crippen LogP contribution in [0.5, 0.6) is 0 Å². The molecule has 52 heavy (non-hydrogen) atoms. The molecule has 1 aliphatic rings. The molecule has 0 spiro atoms. The zero-order valence-electron chi connectivity index (χ0n) is 27.7. The molecule has 0 aliphatic carbocycles. The van der Waals surface area contributed by atoms with E-state index in [0.717, 1.165) is 88.5 Å². The summed E-state index contributed by atoms with van der Waals surface area (Å²) < 4.78 is 6.50. The number of para-hydroxylation sites is 3. The minimum atomic E-state index is 0.535. The van der Waals surface area contributed by atoms with Crippen LogP contribution in [0.1, 0.15) is 0 Å². The first-order valence-corrected chi connectivity index (χ1v) is 17.3. The molecule has 11 rings (SSSR count). The Morgan fingerprint density at radius 3 is 1.87 bits per heavy atom. The molecule has 0 atom stereocenters. The van der Waals surface area contributed by atoms with E-state index in [-0.39, 0.29) is 0 Å². The van der Waals surface area contributed by atoms with Crippen LogP contribution in [-0.2, 0) is 0 Å². The second kappa shape index (κ2) is 11.2. The van der Waals surface area contributed by atoms with Crippen LogP contribution in [0.15, 0.2) is 168 Å². The third kappa shape index (κ3) is 4.31. The van der Waals surface area contributed by atoms with Gasteiger partial charge in [-0.3, -0.25) is 4.90 Å². The van der Waals surface area contributed by atoms with Crippen LogP contribution in [0, 0.1) is 0 Å². The number of hydrogen-bond acceptors (Lipinski definition) is 6. The molecule has 242 valence electrons. The molecule has 4 heterocycles. The number of hydrogen-bond donors (Lipinski definition) is 0. The van der Waals surface area contributed by atoms with Gasteiger partial charge in [0.05, 0.1) is 22.6 Å². The van der Waals surface area contributed by atoms with Crippen LogP contribution in [-0.4, -0.2) is 19.9 Å². The molecule has 6 heteroatoms. The highest BCUT2D eigenvalue weighted by Gasteiger charge is 2.31. The van der Waals surface area contributed by atoms with Crippen LogP contribution in [0.4, 0.5) is 17.3 Å². The lowest BCUT2D eigenvalue weighted by Gasteiger charge is -2.32. The molecule has 0 saturated heterocycles. The first kappa shape index (κ1) is 28.6. The van der Waals surface area contributed by atoms with Crippen molar-refractivity contribution in [1.29, 1.82) is 0 Å².